The molecule has 0 saturated heterocycles. The van der Waals surface area contributed by atoms with Crippen LogP contribution in [0.25, 0.3) is 0 Å². The van der Waals surface area contributed by atoms with Crippen molar-refractivity contribution in [3.8, 4) is 0 Å². The van der Waals surface area contributed by atoms with Crippen molar-refractivity contribution in [1.82, 2.24) is 0 Å². The van der Waals surface area contributed by atoms with Crippen molar-refractivity contribution in [1.29, 1.82) is 0 Å². The number of benzene rings is 1. The van der Waals surface area contributed by atoms with Gasteiger partial charge in [-0.05, 0) is 0 Å². The van der Waals surface area contributed by atoms with Gasteiger partial charge in [0.25, 0.3) is 0 Å². The van der Waals surface area contributed by atoms with E-state index in [0.717, 1.165) is 12.8 Å². The van der Waals surface area contributed by atoms with E-state index in [1.807, 2.05) is 0 Å². The molecular weight excluding hydrogens is 475 g/mol. The molecule has 0 fully saturated rings. The number of aryl methyl sites for hydroxylation is 1. The third-order valence-electron chi connectivity index (χ3n) is 5.81. The molecule has 0 bridgehead atoms. The third-order valence-corrected chi connectivity index (χ3v) is 20.9. The van der Waals surface area contributed by atoms with Crippen LogP contribution in [-0.2, 0) is 10.8 Å². The molecule has 1 aromatic rings. The number of unbranched alkanes of at least 4 members (excludes halogenated alkanes) is 3. The van der Waals surface area contributed by atoms with Crippen LogP contribution in [0.3, 0.4) is 0 Å². The van der Waals surface area contributed by atoms with Crippen LogP contribution in [0, 0.1) is 0 Å². The number of rotatable bonds is 16. The molecule has 0 heterocycles. The summed E-state index contributed by atoms with van der Waals surface area (Å²) in [6.07, 6.45) is 13.4. The molecule has 0 amide bonds. The monoisotopic (exact) mass is 524 g/mol. The number of hydrogen-bond acceptors (Lipinski definition) is 1. The van der Waals surface area contributed by atoms with Crippen LogP contribution >= 0.6 is 0 Å². The molecule has 0 spiro atoms. The van der Waals surface area contributed by atoms with Crippen LogP contribution in [0.15, 0.2) is 40.5 Å². The summed E-state index contributed by atoms with van der Waals surface area (Å²) in [5, 5.41) is 0. The first-order valence-corrected chi connectivity index (χ1v) is 23.4. The molecule has 3 heteroatoms. The normalized spacial score (nSPS) is 13.9. The minimum absolute atomic E-state index is 0.294. The van der Waals surface area contributed by atoms with Gasteiger partial charge in [0.05, 0.1) is 0 Å². The van der Waals surface area contributed by atoms with Crippen molar-refractivity contribution in [2.45, 2.75) is 111 Å². The van der Waals surface area contributed by atoms with Gasteiger partial charge in [0.2, 0.25) is 0 Å². The Morgan fingerprint density at radius 2 is 1.38 bits per heavy atom. The zero-order valence-corrected chi connectivity index (χ0v) is 24.2. The first-order chi connectivity index (χ1) is 13.8. The average Bonchev–Trinajstić information content (AvgIpc) is 2.70. The van der Waals surface area contributed by atoms with Gasteiger partial charge in [0, 0.05) is 0 Å². The molecule has 0 saturated carbocycles. The molecule has 0 aliphatic heterocycles. The van der Waals surface area contributed by atoms with Crippen molar-refractivity contribution in [2.24, 2.45) is 0 Å². The van der Waals surface area contributed by atoms with E-state index >= 15 is 0 Å². The molecule has 1 rings (SSSR count). The molecule has 1 unspecified atom stereocenters. The summed E-state index contributed by atoms with van der Waals surface area (Å²) in [5.74, 6) is 0. The second kappa shape index (κ2) is 14.9. The Bertz CT molecular complexity index is 528. The maximum atomic E-state index is 6.65. The first kappa shape index (κ1) is 27.0. The Balaban J connectivity index is 2.98. The molecule has 1 nitrogen and oxygen atoms in total. The molecule has 29 heavy (non-hydrogen) atoms. The number of hydrogen-bond donors (Lipinski definition) is 0. The van der Waals surface area contributed by atoms with Gasteiger partial charge in [-0.1, -0.05) is 0 Å². The zero-order valence-electron chi connectivity index (χ0n) is 20.3. The third kappa shape index (κ3) is 12.4. The van der Waals surface area contributed by atoms with E-state index in [-0.39, 0.29) is 0 Å². The summed E-state index contributed by atoms with van der Waals surface area (Å²) in [7, 11) is -1.56. The van der Waals surface area contributed by atoms with E-state index in [2.05, 4.69) is 80.9 Å². The van der Waals surface area contributed by atoms with Gasteiger partial charge >= 0.3 is 188 Å². The van der Waals surface area contributed by atoms with E-state index in [1.165, 1.54) is 44.1 Å². The van der Waals surface area contributed by atoms with Crippen molar-refractivity contribution in [2.75, 3.05) is 0 Å². The molecule has 0 aromatic heterocycles. The van der Waals surface area contributed by atoms with E-state index in [4.69, 9.17) is 4.43 Å². The average molecular weight is 523 g/mol. The van der Waals surface area contributed by atoms with Gasteiger partial charge in [-0.25, -0.2) is 0 Å². The zero-order chi connectivity index (χ0) is 21.6. The first-order valence-electron chi connectivity index (χ1n) is 12.2. The van der Waals surface area contributed by atoms with Gasteiger partial charge in [0.1, 0.15) is 0 Å². The van der Waals surface area contributed by atoms with E-state index in [1.54, 1.807) is 13.3 Å². The second-order valence-corrected chi connectivity index (χ2v) is 27.3. The molecule has 166 valence electrons. The SMILES string of the molecule is CCC[CH2][Sn](/[CH]=C/C(CCc1ccccc1)O[Si](C)(C)C)([CH2]CCC)[CH2]CCC. The molecule has 0 aliphatic rings. The topological polar surface area (TPSA) is 9.23 Å². The summed E-state index contributed by atoms with van der Waals surface area (Å²) < 4.78 is 14.1. The second-order valence-electron chi connectivity index (χ2n) is 9.83. The fourth-order valence-electron chi connectivity index (χ4n) is 4.13. The van der Waals surface area contributed by atoms with E-state index in [9.17, 15) is 0 Å². The molecule has 0 radical (unpaired) electrons. The van der Waals surface area contributed by atoms with Gasteiger partial charge in [0.15, 0.2) is 0 Å². The van der Waals surface area contributed by atoms with Crippen LogP contribution in [-0.4, -0.2) is 32.8 Å². The fourth-order valence-corrected chi connectivity index (χ4v) is 19.6. The van der Waals surface area contributed by atoms with Gasteiger partial charge < -0.3 is 0 Å². The molecule has 1 aromatic carbocycles. The Labute approximate surface area is 187 Å². The molecular formula is C26H48OSiSn. The van der Waals surface area contributed by atoms with Crippen molar-refractivity contribution < 1.29 is 4.43 Å². The Morgan fingerprint density at radius 3 is 1.83 bits per heavy atom. The summed E-state index contributed by atoms with van der Waals surface area (Å²) in [6.45, 7) is 14.1. The standard InChI is InChI=1S/C14H21OSi.3C4H9.Sn/c1-5-14(15-16(2,3)4)12-11-13-9-7-6-8-10-13;3*1-3-4-2;/h1,5-10,14H,11-12H2,2-4H3;3*1,3-4H2,2H3;. The summed E-state index contributed by atoms with van der Waals surface area (Å²) >= 11 is -2.23. The summed E-state index contributed by atoms with van der Waals surface area (Å²) in [6, 6.07) is 10.9. The van der Waals surface area contributed by atoms with Crippen LogP contribution in [0.4, 0.5) is 0 Å². The molecule has 1 atom stereocenters. The van der Waals surface area contributed by atoms with Gasteiger partial charge in [-0.3, -0.25) is 0 Å². The van der Waals surface area contributed by atoms with Crippen LogP contribution in [0.2, 0.25) is 33.0 Å². The van der Waals surface area contributed by atoms with Crippen LogP contribution in [0.1, 0.15) is 71.3 Å². The minimum atomic E-state index is -2.23. The fraction of sp³-hybridized carbons (Fsp3) is 0.692. The Kier molecular flexibility index (Phi) is 13.8. The Hall–Kier alpha value is -0.0644. The predicted molar refractivity (Wildman–Crippen MR) is 137 cm³/mol. The predicted octanol–water partition coefficient (Wildman–Crippen LogP) is 8.78. The summed E-state index contributed by atoms with van der Waals surface area (Å²) in [5.41, 5.74) is 1.43. The van der Waals surface area contributed by atoms with Crippen molar-refractivity contribution in [3.05, 3.63) is 46.1 Å². The Morgan fingerprint density at radius 1 is 0.862 bits per heavy atom. The molecule has 0 aliphatic carbocycles. The van der Waals surface area contributed by atoms with Crippen LogP contribution < -0.4 is 0 Å². The summed E-state index contributed by atoms with van der Waals surface area (Å²) in [4.78, 5) is 0. The maximum absolute atomic E-state index is 6.65. The van der Waals surface area contributed by atoms with Gasteiger partial charge in [-0.15, -0.1) is 0 Å². The quantitative estimate of drug-likeness (QED) is 0.197. The van der Waals surface area contributed by atoms with Gasteiger partial charge in [-0.2, -0.15) is 0 Å². The van der Waals surface area contributed by atoms with E-state index in [0.29, 0.717) is 6.10 Å². The molecule has 0 N–H and O–H groups in total. The van der Waals surface area contributed by atoms with Crippen molar-refractivity contribution in [3.63, 3.8) is 0 Å². The van der Waals surface area contributed by atoms with E-state index < -0.39 is 26.7 Å². The van der Waals surface area contributed by atoms with Crippen LogP contribution in [0.5, 0.6) is 0 Å². The van der Waals surface area contributed by atoms with Crippen molar-refractivity contribution >= 4 is 26.7 Å².